The summed E-state index contributed by atoms with van der Waals surface area (Å²) in [4.78, 5) is 1.91. The molecule has 0 atom stereocenters. The molecule has 0 radical (unpaired) electrons. The molecule has 1 rings (SSSR count). The van der Waals surface area contributed by atoms with Crippen LogP contribution in [0.3, 0.4) is 0 Å². The zero-order valence-electron chi connectivity index (χ0n) is 11.1. The van der Waals surface area contributed by atoms with Gasteiger partial charge in [0.05, 0.1) is 17.0 Å². The van der Waals surface area contributed by atoms with Gasteiger partial charge in [0.25, 0.3) is 0 Å². The first kappa shape index (κ1) is 15.6. The lowest BCUT2D eigenvalue weighted by molar-refractivity contribution is 0.141. The number of nitrogens with two attached hydrogens (primary N) is 1. The first-order chi connectivity index (χ1) is 8.22. The lowest BCUT2D eigenvalue weighted by Gasteiger charge is -2.24. The summed E-state index contributed by atoms with van der Waals surface area (Å²) in [7, 11) is -2.00. The fourth-order valence-corrected chi connectivity index (χ4v) is 4.61. The van der Waals surface area contributed by atoms with Crippen LogP contribution in [0.4, 0.5) is 0 Å². The molecule has 0 bridgehead atoms. The van der Waals surface area contributed by atoms with Gasteiger partial charge in [-0.25, -0.2) is 13.1 Å². The van der Waals surface area contributed by atoms with Crippen molar-refractivity contribution in [2.45, 2.75) is 37.8 Å². The number of ether oxygens (including phenoxy) is 1. The van der Waals surface area contributed by atoms with Gasteiger partial charge in [0.15, 0.2) is 0 Å². The minimum absolute atomic E-state index is 0.303. The second-order valence-corrected chi connectivity index (χ2v) is 7.75. The SMILES string of the molecule is COCC(C)(C)NS(=O)(=O)c1cc(CN)sc1C. The van der Waals surface area contributed by atoms with Crippen molar-refractivity contribution < 1.29 is 13.2 Å². The van der Waals surface area contributed by atoms with Crippen molar-refractivity contribution in [3.63, 3.8) is 0 Å². The van der Waals surface area contributed by atoms with E-state index in [-0.39, 0.29) is 0 Å². The van der Waals surface area contributed by atoms with E-state index in [0.717, 1.165) is 9.75 Å². The van der Waals surface area contributed by atoms with Crippen LogP contribution in [0, 0.1) is 6.92 Å². The molecule has 0 aliphatic carbocycles. The molecule has 0 saturated carbocycles. The second-order valence-electron chi connectivity index (χ2n) is 4.76. The Morgan fingerprint density at radius 1 is 1.50 bits per heavy atom. The van der Waals surface area contributed by atoms with Crippen molar-refractivity contribution in [3.8, 4) is 0 Å². The van der Waals surface area contributed by atoms with E-state index in [1.165, 1.54) is 11.3 Å². The number of sulfonamides is 1. The average molecular weight is 292 g/mol. The molecule has 3 N–H and O–H groups in total. The summed E-state index contributed by atoms with van der Waals surface area (Å²) in [5.74, 6) is 0. The van der Waals surface area contributed by atoms with Crippen molar-refractivity contribution in [2.24, 2.45) is 5.73 Å². The molecule has 1 heterocycles. The molecule has 0 aliphatic heterocycles. The summed E-state index contributed by atoms with van der Waals surface area (Å²) in [6, 6.07) is 1.63. The van der Waals surface area contributed by atoms with Crippen LogP contribution in [0.15, 0.2) is 11.0 Å². The molecule has 7 heteroatoms. The minimum atomic E-state index is -3.54. The topological polar surface area (TPSA) is 81.4 Å². The molecule has 0 saturated heterocycles. The van der Waals surface area contributed by atoms with Crippen LogP contribution in [0.1, 0.15) is 23.6 Å². The highest BCUT2D eigenvalue weighted by molar-refractivity contribution is 7.89. The van der Waals surface area contributed by atoms with Gasteiger partial charge < -0.3 is 10.5 Å². The molecule has 18 heavy (non-hydrogen) atoms. The number of aryl methyl sites for hydroxylation is 1. The zero-order chi connectivity index (χ0) is 14.0. The molecule has 0 amide bonds. The van der Waals surface area contributed by atoms with Gasteiger partial charge in [-0.05, 0) is 26.8 Å². The van der Waals surface area contributed by atoms with Crippen LogP contribution in [0.25, 0.3) is 0 Å². The van der Waals surface area contributed by atoms with Crippen LogP contribution >= 0.6 is 11.3 Å². The van der Waals surface area contributed by atoms with E-state index in [0.29, 0.717) is 18.0 Å². The maximum atomic E-state index is 12.3. The van der Waals surface area contributed by atoms with E-state index < -0.39 is 15.6 Å². The Morgan fingerprint density at radius 3 is 2.56 bits per heavy atom. The highest BCUT2D eigenvalue weighted by atomic mass is 32.2. The Labute approximate surface area is 112 Å². The summed E-state index contributed by atoms with van der Waals surface area (Å²) in [6.07, 6.45) is 0. The van der Waals surface area contributed by atoms with Crippen LogP contribution in [0.2, 0.25) is 0 Å². The monoisotopic (exact) mass is 292 g/mol. The molecular weight excluding hydrogens is 272 g/mol. The summed E-state index contributed by atoms with van der Waals surface area (Å²) >= 11 is 1.41. The number of methoxy groups -OCH3 is 1. The quantitative estimate of drug-likeness (QED) is 0.826. The largest absolute Gasteiger partial charge is 0.383 e. The minimum Gasteiger partial charge on any atom is -0.383 e. The highest BCUT2D eigenvalue weighted by Gasteiger charge is 2.28. The van der Waals surface area contributed by atoms with Crippen molar-refractivity contribution in [1.82, 2.24) is 4.72 Å². The predicted octanol–water partition coefficient (Wildman–Crippen LogP) is 1.22. The summed E-state index contributed by atoms with van der Waals surface area (Å²) in [6.45, 7) is 5.99. The van der Waals surface area contributed by atoms with E-state index in [1.807, 2.05) is 0 Å². The third-order valence-corrected chi connectivity index (χ3v) is 5.36. The lowest BCUT2D eigenvalue weighted by Crippen LogP contribution is -2.46. The molecule has 1 aromatic heterocycles. The molecule has 0 aliphatic rings. The molecule has 104 valence electrons. The van der Waals surface area contributed by atoms with Gasteiger partial charge in [0.1, 0.15) is 0 Å². The van der Waals surface area contributed by atoms with Crippen LogP contribution in [-0.4, -0.2) is 27.7 Å². The van der Waals surface area contributed by atoms with Gasteiger partial charge in [0, 0.05) is 23.4 Å². The molecule has 0 spiro atoms. The lowest BCUT2D eigenvalue weighted by atomic mass is 10.1. The van der Waals surface area contributed by atoms with E-state index in [9.17, 15) is 8.42 Å². The fraction of sp³-hybridized carbons (Fsp3) is 0.636. The third-order valence-electron chi connectivity index (χ3n) is 2.33. The smallest absolute Gasteiger partial charge is 0.242 e. The second kappa shape index (κ2) is 5.66. The Balaban J connectivity index is 3.03. The van der Waals surface area contributed by atoms with Gasteiger partial charge in [-0.3, -0.25) is 0 Å². The van der Waals surface area contributed by atoms with Crippen molar-refractivity contribution in [1.29, 1.82) is 0 Å². The van der Waals surface area contributed by atoms with Crippen LogP contribution < -0.4 is 10.5 Å². The van der Waals surface area contributed by atoms with Crippen molar-refractivity contribution >= 4 is 21.4 Å². The zero-order valence-corrected chi connectivity index (χ0v) is 12.7. The van der Waals surface area contributed by atoms with Gasteiger partial charge in [-0.1, -0.05) is 0 Å². The summed E-state index contributed by atoms with van der Waals surface area (Å²) in [5.41, 5.74) is 4.88. The highest BCUT2D eigenvalue weighted by Crippen LogP contribution is 2.26. The third kappa shape index (κ3) is 3.76. The molecule has 0 unspecified atom stereocenters. The van der Waals surface area contributed by atoms with E-state index >= 15 is 0 Å². The number of rotatable bonds is 6. The summed E-state index contributed by atoms with van der Waals surface area (Å²) < 4.78 is 32.2. The van der Waals surface area contributed by atoms with Gasteiger partial charge in [-0.2, -0.15) is 0 Å². The van der Waals surface area contributed by atoms with E-state index in [1.54, 1.807) is 33.9 Å². The predicted molar refractivity (Wildman–Crippen MR) is 73.2 cm³/mol. The average Bonchev–Trinajstić information content (AvgIpc) is 2.58. The Morgan fingerprint density at radius 2 is 2.11 bits per heavy atom. The van der Waals surface area contributed by atoms with Crippen LogP contribution in [-0.2, 0) is 21.3 Å². The number of thiophene rings is 1. The number of hydrogen-bond donors (Lipinski definition) is 2. The van der Waals surface area contributed by atoms with Gasteiger partial charge in [0.2, 0.25) is 10.0 Å². The standard InChI is InChI=1S/C11H20N2O3S2/c1-8-10(5-9(6-12)17-8)18(14,15)13-11(2,3)7-16-4/h5,13H,6-7,12H2,1-4H3. The first-order valence-electron chi connectivity index (χ1n) is 5.54. The first-order valence-corrected chi connectivity index (χ1v) is 7.84. The molecular formula is C11H20N2O3S2. The van der Waals surface area contributed by atoms with Crippen LogP contribution in [0.5, 0.6) is 0 Å². The maximum absolute atomic E-state index is 12.3. The number of nitrogens with one attached hydrogen (secondary N) is 1. The maximum Gasteiger partial charge on any atom is 0.242 e. The fourth-order valence-electron chi connectivity index (χ4n) is 1.70. The Hall–Kier alpha value is -0.470. The molecule has 0 aromatic carbocycles. The molecule has 0 fully saturated rings. The summed E-state index contributed by atoms with van der Waals surface area (Å²) in [5, 5.41) is 0. The van der Waals surface area contributed by atoms with Gasteiger partial charge in [-0.15, -0.1) is 11.3 Å². The van der Waals surface area contributed by atoms with Crippen molar-refractivity contribution in [3.05, 3.63) is 15.8 Å². The molecule has 1 aromatic rings. The van der Waals surface area contributed by atoms with Gasteiger partial charge >= 0.3 is 0 Å². The van der Waals surface area contributed by atoms with Crippen molar-refractivity contribution in [2.75, 3.05) is 13.7 Å². The molecule has 5 nitrogen and oxygen atoms in total. The van der Waals surface area contributed by atoms with E-state index in [2.05, 4.69) is 4.72 Å². The number of hydrogen-bond acceptors (Lipinski definition) is 5. The Bertz CT molecular complexity index is 506. The normalized spacial score (nSPS) is 12.9. The Kier molecular flexibility index (Phi) is 4.90. The van der Waals surface area contributed by atoms with E-state index in [4.69, 9.17) is 10.5 Å².